The molecule has 3 amide bonds. The summed E-state index contributed by atoms with van der Waals surface area (Å²) in [7, 11) is 0. The molecule has 0 radical (unpaired) electrons. The molecule has 0 aromatic heterocycles. The third-order valence-electron chi connectivity index (χ3n) is 4.77. The Bertz CT molecular complexity index is 710. The van der Waals surface area contributed by atoms with Crippen LogP contribution in [0.2, 0.25) is 0 Å². The summed E-state index contributed by atoms with van der Waals surface area (Å²) in [6.07, 6.45) is 0.521. The maximum Gasteiger partial charge on any atom is 0.326 e. The molecule has 0 aliphatic heterocycles. The number of nitrogens with one attached hydrogen (secondary N) is 2. The molecule has 1 rings (SSSR count). The van der Waals surface area contributed by atoms with Gasteiger partial charge in [0.25, 0.3) is 0 Å². The average molecular weight is 406 g/mol. The molecule has 0 spiro atoms. The van der Waals surface area contributed by atoms with E-state index in [1.807, 2.05) is 19.9 Å². The highest BCUT2D eigenvalue weighted by atomic mass is 16.4. The second kappa shape index (κ2) is 11.8. The van der Waals surface area contributed by atoms with Crippen LogP contribution in [0.5, 0.6) is 0 Å². The zero-order chi connectivity index (χ0) is 22.0. The lowest BCUT2D eigenvalue weighted by atomic mass is 9.98. The van der Waals surface area contributed by atoms with Crippen molar-refractivity contribution in [1.29, 1.82) is 0 Å². The van der Waals surface area contributed by atoms with E-state index in [1.54, 1.807) is 24.3 Å². The van der Waals surface area contributed by atoms with E-state index in [9.17, 15) is 24.3 Å². The standard InChI is InChI=1S/C20H30N4O5/c1-3-12(2)17(22)19(27)24-15(11-13-7-5-4-6-8-13)18(26)23-14(20(28)29)9-10-16(21)25/h4-8,12,14-15,17H,3,9-11,22H2,1-2H3,(H2,21,25)(H,23,26)(H,24,27)(H,28,29). The molecule has 1 aromatic carbocycles. The molecule has 29 heavy (non-hydrogen) atoms. The van der Waals surface area contributed by atoms with Gasteiger partial charge in [-0.1, -0.05) is 50.6 Å². The van der Waals surface area contributed by atoms with Crippen LogP contribution in [-0.4, -0.2) is 46.9 Å². The first-order valence-corrected chi connectivity index (χ1v) is 9.57. The molecule has 0 fully saturated rings. The van der Waals surface area contributed by atoms with E-state index in [0.29, 0.717) is 6.42 Å². The van der Waals surface area contributed by atoms with Gasteiger partial charge in [0.15, 0.2) is 0 Å². The predicted molar refractivity (Wildman–Crippen MR) is 108 cm³/mol. The van der Waals surface area contributed by atoms with Crippen LogP contribution in [0.4, 0.5) is 0 Å². The lowest BCUT2D eigenvalue weighted by molar-refractivity contribution is -0.142. The van der Waals surface area contributed by atoms with Gasteiger partial charge < -0.3 is 27.2 Å². The fraction of sp³-hybridized carbons (Fsp3) is 0.500. The number of carboxylic acid groups (broad SMARTS) is 1. The van der Waals surface area contributed by atoms with Crippen molar-refractivity contribution < 1.29 is 24.3 Å². The Morgan fingerprint density at radius 2 is 1.62 bits per heavy atom. The Morgan fingerprint density at radius 1 is 1.03 bits per heavy atom. The minimum atomic E-state index is -1.30. The number of aliphatic carboxylic acids is 1. The molecule has 0 aliphatic carbocycles. The van der Waals surface area contributed by atoms with Crippen LogP contribution in [-0.2, 0) is 25.6 Å². The fourth-order valence-electron chi connectivity index (χ4n) is 2.66. The first-order valence-electron chi connectivity index (χ1n) is 9.57. The average Bonchev–Trinajstić information content (AvgIpc) is 2.69. The molecule has 0 heterocycles. The number of carbonyl (C=O) groups excluding carboxylic acids is 3. The van der Waals surface area contributed by atoms with Gasteiger partial charge in [0.2, 0.25) is 17.7 Å². The minimum absolute atomic E-state index is 0.0854. The number of benzene rings is 1. The van der Waals surface area contributed by atoms with Crippen LogP contribution >= 0.6 is 0 Å². The van der Waals surface area contributed by atoms with Crippen LogP contribution in [0.15, 0.2) is 30.3 Å². The molecule has 1 aromatic rings. The summed E-state index contributed by atoms with van der Waals surface area (Å²) in [4.78, 5) is 47.6. The lowest BCUT2D eigenvalue weighted by Gasteiger charge is -2.24. The van der Waals surface area contributed by atoms with Gasteiger partial charge in [0.05, 0.1) is 6.04 Å². The maximum absolute atomic E-state index is 12.8. The second-order valence-corrected chi connectivity index (χ2v) is 7.07. The Labute approximate surface area is 170 Å². The second-order valence-electron chi connectivity index (χ2n) is 7.07. The third kappa shape index (κ3) is 8.30. The molecule has 9 nitrogen and oxygen atoms in total. The molecule has 0 saturated carbocycles. The van der Waals surface area contributed by atoms with Crippen LogP contribution in [0.1, 0.15) is 38.7 Å². The van der Waals surface area contributed by atoms with Gasteiger partial charge in [-0.25, -0.2) is 4.79 Å². The molecular formula is C20H30N4O5. The quantitative estimate of drug-likeness (QED) is 0.326. The van der Waals surface area contributed by atoms with E-state index >= 15 is 0 Å². The fourth-order valence-corrected chi connectivity index (χ4v) is 2.66. The van der Waals surface area contributed by atoms with Crippen LogP contribution in [0, 0.1) is 5.92 Å². The highest BCUT2D eigenvalue weighted by Gasteiger charge is 2.29. The summed E-state index contributed by atoms with van der Waals surface area (Å²) >= 11 is 0. The van der Waals surface area contributed by atoms with E-state index in [4.69, 9.17) is 11.5 Å². The number of primary amides is 1. The summed E-state index contributed by atoms with van der Waals surface area (Å²) in [5, 5.41) is 14.3. The van der Waals surface area contributed by atoms with Gasteiger partial charge in [-0.2, -0.15) is 0 Å². The number of carbonyl (C=O) groups is 4. The molecule has 0 saturated heterocycles. The highest BCUT2D eigenvalue weighted by Crippen LogP contribution is 2.09. The smallest absolute Gasteiger partial charge is 0.326 e. The topological polar surface area (TPSA) is 165 Å². The highest BCUT2D eigenvalue weighted by molar-refractivity contribution is 5.92. The summed E-state index contributed by atoms with van der Waals surface area (Å²) in [6.45, 7) is 3.74. The number of nitrogens with two attached hydrogens (primary N) is 2. The normalized spacial score (nSPS) is 14.9. The van der Waals surface area contributed by atoms with Crippen molar-refractivity contribution in [3.05, 3.63) is 35.9 Å². The van der Waals surface area contributed by atoms with Gasteiger partial charge in [-0.05, 0) is 17.9 Å². The molecule has 0 bridgehead atoms. The number of rotatable bonds is 12. The van der Waals surface area contributed by atoms with Crippen molar-refractivity contribution in [3.8, 4) is 0 Å². The van der Waals surface area contributed by atoms with Crippen molar-refractivity contribution in [2.24, 2.45) is 17.4 Å². The Kier molecular flexibility index (Phi) is 9.81. The molecule has 0 aliphatic rings. The van der Waals surface area contributed by atoms with Crippen LogP contribution in [0.3, 0.4) is 0 Å². The van der Waals surface area contributed by atoms with E-state index in [2.05, 4.69) is 10.6 Å². The largest absolute Gasteiger partial charge is 0.480 e. The van der Waals surface area contributed by atoms with E-state index < -0.39 is 41.8 Å². The van der Waals surface area contributed by atoms with Crippen molar-refractivity contribution >= 4 is 23.7 Å². The molecule has 4 atom stereocenters. The predicted octanol–water partition coefficient (Wildman–Crippen LogP) is -0.0778. The number of amides is 3. The SMILES string of the molecule is CCC(C)C(N)C(=O)NC(Cc1ccccc1)C(=O)NC(CCC(N)=O)C(=O)O. The summed E-state index contributed by atoms with van der Waals surface area (Å²) in [5.41, 5.74) is 11.8. The Morgan fingerprint density at radius 3 is 2.14 bits per heavy atom. The van der Waals surface area contributed by atoms with Gasteiger partial charge in [0.1, 0.15) is 12.1 Å². The van der Waals surface area contributed by atoms with Crippen LogP contribution in [0.25, 0.3) is 0 Å². The molecule has 7 N–H and O–H groups in total. The third-order valence-corrected chi connectivity index (χ3v) is 4.77. The van der Waals surface area contributed by atoms with E-state index in [0.717, 1.165) is 5.56 Å². The molecule has 160 valence electrons. The van der Waals surface area contributed by atoms with Gasteiger partial charge in [-0.15, -0.1) is 0 Å². The van der Waals surface area contributed by atoms with Crippen molar-refractivity contribution in [2.45, 2.75) is 57.7 Å². The lowest BCUT2D eigenvalue weighted by Crippen LogP contribution is -2.56. The molecule has 9 heteroatoms. The first kappa shape index (κ1) is 24.1. The van der Waals surface area contributed by atoms with Gasteiger partial charge in [-0.3, -0.25) is 14.4 Å². The first-order chi connectivity index (χ1) is 13.6. The molecule has 4 unspecified atom stereocenters. The van der Waals surface area contributed by atoms with E-state index in [-0.39, 0.29) is 25.2 Å². The summed E-state index contributed by atoms with van der Waals surface area (Å²) in [5.74, 6) is -3.20. The minimum Gasteiger partial charge on any atom is -0.480 e. The Hall–Kier alpha value is -2.94. The summed E-state index contributed by atoms with van der Waals surface area (Å²) in [6, 6.07) is 5.89. The monoisotopic (exact) mass is 406 g/mol. The molecular weight excluding hydrogens is 376 g/mol. The zero-order valence-electron chi connectivity index (χ0n) is 16.8. The maximum atomic E-state index is 12.8. The van der Waals surface area contributed by atoms with Crippen molar-refractivity contribution in [3.63, 3.8) is 0 Å². The Balaban J connectivity index is 2.95. The summed E-state index contributed by atoms with van der Waals surface area (Å²) < 4.78 is 0. The van der Waals surface area contributed by atoms with Crippen LogP contribution < -0.4 is 22.1 Å². The van der Waals surface area contributed by atoms with Gasteiger partial charge >= 0.3 is 5.97 Å². The number of hydrogen-bond acceptors (Lipinski definition) is 5. The van der Waals surface area contributed by atoms with E-state index in [1.165, 1.54) is 0 Å². The zero-order valence-corrected chi connectivity index (χ0v) is 16.8. The number of carboxylic acids is 1. The number of hydrogen-bond donors (Lipinski definition) is 5. The van der Waals surface area contributed by atoms with Crippen molar-refractivity contribution in [2.75, 3.05) is 0 Å². The van der Waals surface area contributed by atoms with Crippen molar-refractivity contribution in [1.82, 2.24) is 10.6 Å². The van der Waals surface area contributed by atoms with Gasteiger partial charge in [0, 0.05) is 12.8 Å².